The predicted molar refractivity (Wildman–Crippen MR) is 68.0 cm³/mol. The van der Waals surface area contributed by atoms with Crippen LogP contribution in [0.1, 0.15) is 0 Å². The van der Waals surface area contributed by atoms with Crippen molar-refractivity contribution in [3.63, 3.8) is 0 Å². The molecule has 2 aromatic carbocycles. The zero-order valence-corrected chi connectivity index (χ0v) is 10.4. The zero-order valence-electron chi connectivity index (χ0n) is 9.60. The lowest BCUT2D eigenvalue weighted by Crippen LogP contribution is -2.13. The largest absolute Gasteiger partial charge is 0.399 e. The van der Waals surface area contributed by atoms with Crippen LogP contribution in [-0.4, -0.2) is 8.42 Å². The highest BCUT2D eigenvalue weighted by atomic mass is 32.2. The molecule has 0 heterocycles. The van der Waals surface area contributed by atoms with Crippen molar-refractivity contribution in [2.75, 3.05) is 10.5 Å². The van der Waals surface area contributed by atoms with Crippen molar-refractivity contribution in [3.8, 4) is 0 Å². The van der Waals surface area contributed by atoms with Gasteiger partial charge >= 0.3 is 0 Å². The highest BCUT2D eigenvalue weighted by molar-refractivity contribution is 7.92. The molecule has 2 rings (SSSR count). The molecule has 0 spiro atoms. The molecule has 100 valence electrons. The number of hydrogen-bond acceptors (Lipinski definition) is 3. The number of halogens is 2. The normalized spacial score (nSPS) is 11.3. The minimum atomic E-state index is -3.85. The van der Waals surface area contributed by atoms with Crippen molar-refractivity contribution in [1.82, 2.24) is 0 Å². The van der Waals surface area contributed by atoms with Gasteiger partial charge in [0.05, 0.1) is 10.6 Å². The van der Waals surface area contributed by atoms with Gasteiger partial charge in [-0.25, -0.2) is 17.2 Å². The number of nitrogens with two attached hydrogens (primary N) is 1. The molecule has 0 bridgehead atoms. The van der Waals surface area contributed by atoms with Crippen LogP contribution in [0, 0.1) is 11.6 Å². The Morgan fingerprint density at radius 1 is 0.947 bits per heavy atom. The molecule has 3 N–H and O–H groups in total. The lowest BCUT2D eigenvalue weighted by atomic mass is 10.3. The Balaban J connectivity index is 2.30. The number of nitrogens with one attached hydrogen (secondary N) is 1. The number of rotatable bonds is 3. The quantitative estimate of drug-likeness (QED) is 0.850. The summed E-state index contributed by atoms with van der Waals surface area (Å²) in [5.74, 6) is -2.17. The van der Waals surface area contributed by atoms with E-state index in [9.17, 15) is 17.2 Å². The summed E-state index contributed by atoms with van der Waals surface area (Å²) in [5, 5.41) is 0. The Kier molecular flexibility index (Phi) is 3.39. The van der Waals surface area contributed by atoms with Crippen molar-refractivity contribution >= 4 is 21.4 Å². The van der Waals surface area contributed by atoms with Crippen LogP contribution in [-0.2, 0) is 10.0 Å². The molecule has 0 radical (unpaired) electrons. The Morgan fingerprint density at radius 2 is 1.58 bits per heavy atom. The summed E-state index contributed by atoms with van der Waals surface area (Å²) in [6.07, 6.45) is 0. The summed E-state index contributed by atoms with van der Waals surface area (Å²) in [4.78, 5) is -0.0218. The fourth-order valence-electron chi connectivity index (χ4n) is 1.42. The van der Waals surface area contributed by atoms with Gasteiger partial charge in [-0.3, -0.25) is 4.72 Å². The van der Waals surface area contributed by atoms with Gasteiger partial charge in [-0.05, 0) is 36.4 Å². The van der Waals surface area contributed by atoms with E-state index < -0.39 is 21.7 Å². The molecule has 0 amide bonds. The van der Waals surface area contributed by atoms with E-state index in [2.05, 4.69) is 4.72 Å². The molecule has 0 atom stereocenters. The van der Waals surface area contributed by atoms with Gasteiger partial charge < -0.3 is 5.73 Å². The van der Waals surface area contributed by atoms with Crippen LogP contribution in [0.3, 0.4) is 0 Å². The summed E-state index contributed by atoms with van der Waals surface area (Å²) in [6.45, 7) is 0. The summed E-state index contributed by atoms with van der Waals surface area (Å²) >= 11 is 0. The monoisotopic (exact) mass is 284 g/mol. The van der Waals surface area contributed by atoms with Crippen molar-refractivity contribution < 1.29 is 17.2 Å². The number of sulfonamides is 1. The summed E-state index contributed by atoms with van der Waals surface area (Å²) in [5.41, 5.74) is 5.82. The van der Waals surface area contributed by atoms with Crippen LogP contribution in [0.2, 0.25) is 0 Å². The highest BCUT2D eigenvalue weighted by Gasteiger charge is 2.14. The number of hydrogen-bond donors (Lipinski definition) is 2. The molecule has 0 aliphatic heterocycles. The summed E-state index contributed by atoms with van der Waals surface area (Å²) in [6, 6.07) is 8.24. The highest BCUT2D eigenvalue weighted by Crippen LogP contribution is 2.19. The first-order chi connectivity index (χ1) is 8.88. The summed E-state index contributed by atoms with van der Waals surface area (Å²) in [7, 11) is -3.85. The lowest BCUT2D eigenvalue weighted by Gasteiger charge is -2.08. The van der Waals surface area contributed by atoms with E-state index in [0.717, 1.165) is 18.2 Å². The average Bonchev–Trinajstić information content (AvgIpc) is 2.34. The Morgan fingerprint density at radius 3 is 2.16 bits per heavy atom. The van der Waals surface area contributed by atoms with Crippen LogP contribution < -0.4 is 10.5 Å². The average molecular weight is 284 g/mol. The topological polar surface area (TPSA) is 72.2 Å². The maximum Gasteiger partial charge on any atom is 0.261 e. The number of benzene rings is 2. The fraction of sp³-hybridized carbons (Fsp3) is 0. The number of nitrogen functional groups attached to an aromatic ring is 1. The van der Waals surface area contributed by atoms with Crippen LogP contribution in [0.5, 0.6) is 0 Å². The lowest BCUT2D eigenvalue weighted by molar-refractivity contribution is 0.509. The van der Waals surface area contributed by atoms with Crippen LogP contribution in [0.4, 0.5) is 20.2 Å². The first-order valence-electron chi connectivity index (χ1n) is 5.22. The third-order valence-electron chi connectivity index (χ3n) is 2.36. The van der Waals surface area contributed by atoms with Gasteiger partial charge in [0.15, 0.2) is 11.6 Å². The van der Waals surface area contributed by atoms with Gasteiger partial charge in [0, 0.05) is 11.8 Å². The number of anilines is 2. The fourth-order valence-corrected chi connectivity index (χ4v) is 2.47. The second-order valence-corrected chi connectivity index (χ2v) is 5.49. The van der Waals surface area contributed by atoms with Gasteiger partial charge in [0.1, 0.15) is 0 Å². The van der Waals surface area contributed by atoms with E-state index in [1.165, 1.54) is 24.3 Å². The van der Waals surface area contributed by atoms with E-state index in [1.807, 2.05) is 0 Å². The molecule has 0 aliphatic carbocycles. The van der Waals surface area contributed by atoms with Crippen molar-refractivity contribution in [1.29, 1.82) is 0 Å². The third kappa shape index (κ3) is 3.00. The minimum Gasteiger partial charge on any atom is -0.399 e. The molecule has 4 nitrogen and oxygen atoms in total. The first-order valence-corrected chi connectivity index (χ1v) is 6.70. The Bertz CT molecular complexity index is 700. The van der Waals surface area contributed by atoms with E-state index >= 15 is 0 Å². The molecular formula is C12H10F2N2O2S. The van der Waals surface area contributed by atoms with Gasteiger partial charge in [0.2, 0.25) is 0 Å². The van der Waals surface area contributed by atoms with Gasteiger partial charge in [-0.2, -0.15) is 0 Å². The van der Waals surface area contributed by atoms with Crippen molar-refractivity contribution in [2.24, 2.45) is 0 Å². The van der Waals surface area contributed by atoms with Crippen molar-refractivity contribution in [3.05, 3.63) is 54.1 Å². The smallest absolute Gasteiger partial charge is 0.261 e. The first kappa shape index (κ1) is 13.3. The van der Waals surface area contributed by atoms with Crippen LogP contribution in [0.25, 0.3) is 0 Å². The Labute approximate surface area is 108 Å². The predicted octanol–water partition coefficient (Wildman–Crippen LogP) is 2.35. The molecule has 19 heavy (non-hydrogen) atoms. The molecule has 0 saturated carbocycles. The van der Waals surface area contributed by atoms with Gasteiger partial charge in [-0.15, -0.1) is 0 Å². The van der Waals surface area contributed by atoms with Gasteiger partial charge in [0.25, 0.3) is 10.0 Å². The van der Waals surface area contributed by atoms with Crippen LogP contribution in [0.15, 0.2) is 47.4 Å². The molecule has 0 aliphatic rings. The third-order valence-corrected chi connectivity index (χ3v) is 3.76. The maximum atomic E-state index is 13.0. The molecule has 0 fully saturated rings. The van der Waals surface area contributed by atoms with Crippen LogP contribution >= 0.6 is 0 Å². The second kappa shape index (κ2) is 4.85. The SMILES string of the molecule is Nc1ccc(S(=O)(=O)Nc2ccc(F)c(F)c2)cc1. The second-order valence-electron chi connectivity index (χ2n) is 3.80. The molecule has 0 aromatic heterocycles. The molecule has 7 heteroatoms. The minimum absolute atomic E-state index is 0.0218. The van der Waals surface area contributed by atoms with Crippen molar-refractivity contribution in [2.45, 2.75) is 4.90 Å². The van der Waals surface area contributed by atoms with E-state index in [-0.39, 0.29) is 10.6 Å². The molecule has 0 saturated heterocycles. The standard InChI is InChI=1S/C12H10F2N2O2S/c13-11-6-3-9(7-12(11)14)16-19(17,18)10-4-1-8(15)2-5-10/h1-7,16H,15H2. The van der Waals surface area contributed by atoms with E-state index in [4.69, 9.17) is 5.73 Å². The van der Waals surface area contributed by atoms with Gasteiger partial charge in [-0.1, -0.05) is 0 Å². The Hall–Kier alpha value is -2.15. The molecule has 0 unspecified atom stereocenters. The van der Waals surface area contributed by atoms with E-state index in [1.54, 1.807) is 0 Å². The molecular weight excluding hydrogens is 274 g/mol. The van der Waals surface area contributed by atoms with E-state index in [0.29, 0.717) is 5.69 Å². The maximum absolute atomic E-state index is 13.0. The summed E-state index contributed by atoms with van der Waals surface area (Å²) < 4.78 is 51.7. The zero-order chi connectivity index (χ0) is 14.0. The molecule has 2 aromatic rings.